The summed E-state index contributed by atoms with van der Waals surface area (Å²) in [6, 6.07) is 10.8. The number of carbonyl (C=O) groups is 1. The van der Waals surface area contributed by atoms with Gasteiger partial charge in [-0.05, 0) is 24.6 Å². The molecule has 3 rings (SSSR count). The van der Waals surface area contributed by atoms with Crippen molar-refractivity contribution in [1.82, 2.24) is 4.98 Å². The van der Waals surface area contributed by atoms with Crippen LogP contribution < -0.4 is 4.90 Å². The fourth-order valence-electron chi connectivity index (χ4n) is 2.48. The first-order valence-electron chi connectivity index (χ1n) is 5.96. The van der Waals surface area contributed by atoms with Crippen LogP contribution in [0.5, 0.6) is 0 Å². The Morgan fingerprint density at radius 1 is 1.32 bits per heavy atom. The fraction of sp³-hybridized carbons (Fsp3) is 0.133. The van der Waals surface area contributed by atoms with Gasteiger partial charge in [0.05, 0.1) is 18.0 Å². The molecule has 1 aliphatic rings. The van der Waals surface area contributed by atoms with Crippen molar-refractivity contribution in [2.45, 2.75) is 13.0 Å². The van der Waals surface area contributed by atoms with Gasteiger partial charge in [-0.3, -0.25) is 14.7 Å². The van der Waals surface area contributed by atoms with Crippen molar-refractivity contribution in [2.24, 2.45) is 0 Å². The maximum atomic E-state index is 12.5. The Bertz CT molecular complexity index is 688. The van der Waals surface area contributed by atoms with Crippen LogP contribution in [0.1, 0.15) is 27.5 Å². The van der Waals surface area contributed by atoms with E-state index in [4.69, 9.17) is 0 Å². The molecule has 1 aromatic heterocycles. The normalized spacial score (nSPS) is 17.2. The summed E-state index contributed by atoms with van der Waals surface area (Å²) in [4.78, 5) is 18.1. The number of anilines is 1. The van der Waals surface area contributed by atoms with E-state index < -0.39 is 6.04 Å². The molecule has 1 atom stereocenters. The van der Waals surface area contributed by atoms with E-state index in [1.165, 1.54) is 4.90 Å². The first-order valence-corrected chi connectivity index (χ1v) is 5.96. The largest absolute Gasteiger partial charge is 0.286 e. The molecule has 0 spiro atoms. The number of pyridine rings is 1. The van der Waals surface area contributed by atoms with Gasteiger partial charge in [-0.25, -0.2) is 0 Å². The van der Waals surface area contributed by atoms with Crippen LogP contribution in [0.2, 0.25) is 0 Å². The molecule has 4 nitrogen and oxygen atoms in total. The van der Waals surface area contributed by atoms with Gasteiger partial charge in [-0.15, -0.1) is 0 Å². The van der Waals surface area contributed by atoms with Gasteiger partial charge in [-0.1, -0.05) is 18.2 Å². The molecule has 0 bridgehead atoms. The molecular weight excluding hydrogens is 238 g/mol. The average Bonchev–Trinajstić information content (AvgIpc) is 2.73. The lowest BCUT2D eigenvalue weighted by molar-refractivity contribution is 0.0994. The summed E-state index contributed by atoms with van der Waals surface area (Å²) in [6.45, 7) is 1.89. The number of nitrogens with zero attached hydrogens (tertiary/aromatic N) is 3. The van der Waals surface area contributed by atoms with Crippen molar-refractivity contribution < 1.29 is 4.79 Å². The molecule has 2 aromatic rings. The van der Waals surface area contributed by atoms with Crippen molar-refractivity contribution in [3.63, 3.8) is 0 Å². The van der Waals surface area contributed by atoms with E-state index in [9.17, 15) is 10.1 Å². The quantitative estimate of drug-likeness (QED) is 0.780. The minimum absolute atomic E-state index is 0.132. The minimum Gasteiger partial charge on any atom is -0.286 e. The Morgan fingerprint density at radius 2 is 2.16 bits per heavy atom. The average molecular weight is 249 g/mol. The van der Waals surface area contributed by atoms with Gasteiger partial charge in [0.15, 0.2) is 6.04 Å². The van der Waals surface area contributed by atoms with Crippen LogP contribution >= 0.6 is 0 Å². The summed E-state index contributed by atoms with van der Waals surface area (Å²) in [5.74, 6) is -0.132. The molecule has 92 valence electrons. The lowest BCUT2D eigenvalue weighted by Gasteiger charge is -2.19. The fourth-order valence-corrected chi connectivity index (χ4v) is 2.48. The Kier molecular flexibility index (Phi) is 2.53. The third-order valence-corrected chi connectivity index (χ3v) is 3.34. The summed E-state index contributed by atoms with van der Waals surface area (Å²) in [5, 5.41) is 9.39. The van der Waals surface area contributed by atoms with Gasteiger partial charge in [0, 0.05) is 17.3 Å². The molecule has 0 aliphatic carbocycles. The molecule has 1 amide bonds. The summed E-state index contributed by atoms with van der Waals surface area (Å²) >= 11 is 0. The third kappa shape index (κ3) is 1.59. The number of rotatable bonds is 1. The van der Waals surface area contributed by atoms with E-state index in [-0.39, 0.29) is 5.91 Å². The highest BCUT2D eigenvalue weighted by Crippen LogP contribution is 2.37. The smallest absolute Gasteiger partial charge is 0.260 e. The van der Waals surface area contributed by atoms with Crippen molar-refractivity contribution in [2.75, 3.05) is 4.90 Å². The predicted molar refractivity (Wildman–Crippen MR) is 70.6 cm³/mol. The molecule has 4 heteroatoms. The van der Waals surface area contributed by atoms with Crippen LogP contribution in [-0.4, -0.2) is 10.9 Å². The predicted octanol–water partition coefficient (Wildman–Crippen LogP) is 2.62. The van der Waals surface area contributed by atoms with E-state index in [1.807, 2.05) is 25.1 Å². The van der Waals surface area contributed by atoms with E-state index in [0.29, 0.717) is 11.3 Å². The monoisotopic (exact) mass is 249 g/mol. The van der Waals surface area contributed by atoms with Crippen LogP contribution in [0.25, 0.3) is 0 Å². The maximum absolute atomic E-state index is 12.5. The first-order chi connectivity index (χ1) is 9.24. The second-order valence-corrected chi connectivity index (χ2v) is 4.46. The zero-order valence-corrected chi connectivity index (χ0v) is 10.4. The Morgan fingerprint density at radius 3 is 2.84 bits per heavy atom. The SMILES string of the molecule is Cc1cccc2c1C(=O)N(c1cccnc1)C2C#N. The van der Waals surface area contributed by atoms with Crippen molar-refractivity contribution in [3.8, 4) is 6.07 Å². The highest BCUT2D eigenvalue weighted by atomic mass is 16.2. The van der Waals surface area contributed by atoms with Crippen molar-refractivity contribution >= 4 is 11.6 Å². The molecule has 0 N–H and O–H groups in total. The van der Waals surface area contributed by atoms with Crippen molar-refractivity contribution in [1.29, 1.82) is 5.26 Å². The number of benzene rings is 1. The van der Waals surface area contributed by atoms with Gasteiger partial charge in [0.25, 0.3) is 5.91 Å². The summed E-state index contributed by atoms with van der Waals surface area (Å²) in [7, 11) is 0. The van der Waals surface area contributed by atoms with Crippen LogP contribution in [0.3, 0.4) is 0 Å². The molecule has 19 heavy (non-hydrogen) atoms. The highest BCUT2D eigenvalue weighted by Gasteiger charge is 2.38. The molecule has 0 saturated carbocycles. The zero-order chi connectivity index (χ0) is 13.4. The van der Waals surface area contributed by atoms with Gasteiger partial charge >= 0.3 is 0 Å². The number of aromatic nitrogens is 1. The second kappa shape index (κ2) is 4.21. The topological polar surface area (TPSA) is 57.0 Å². The highest BCUT2D eigenvalue weighted by molar-refractivity contribution is 6.12. The number of amides is 1. The number of hydrogen-bond donors (Lipinski definition) is 0. The minimum atomic E-state index is -0.577. The molecule has 0 fully saturated rings. The van der Waals surface area contributed by atoms with E-state index in [0.717, 1.165) is 11.1 Å². The Labute approximate surface area is 110 Å². The second-order valence-electron chi connectivity index (χ2n) is 4.46. The molecule has 2 heterocycles. The lowest BCUT2D eigenvalue weighted by Crippen LogP contribution is -2.27. The lowest BCUT2D eigenvalue weighted by atomic mass is 10.0. The van der Waals surface area contributed by atoms with Crippen LogP contribution in [0.15, 0.2) is 42.7 Å². The number of nitriles is 1. The summed E-state index contributed by atoms with van der Waals surface area (Å²) in [5.41, 5.74) is 2.96. The molecular formula is C15H11N3O. The number of hydrogen-bond acceptors (Lipinski definition) is 3. The number of aryl methyl sites for hydroxylation is 1. The van der Waals surface area contributed by atoms with Gasteiger partial charge < -0.3 is 0 Å². The molecule has 0 radical (unpaired) electrons. The zero-order valence-electron chi connectivity index (χ0n) is 10.4. The number of fused-ring (bicyclic) bond motifs is 1. The Hall–Kier alpha value is -2.67. The van der Waals surface area contributed by atoms with E-state index >= 15 is 0 Å². The van der Waals surface area contributed by atoms with E-state index in [1.54, 1.807) is 24.5 Å². The molecule has 1 aliphatic heterocycles. The maximum Gasteiger partial charge on any atom is 0.260 e. The van der Waals surface area contributed by atoms with Crippen molar-refractivity contribution in [3.05, 3.63) is 59.4 Å². The van der Waals surface area contributed by atoms with Crippen LogP contribution in [0.4, 0.5) is 5.69 Å². The van der Waals surface area contributed by atoms with Gasteiger partial charge in [0.2, 0.25) is 0 Å². The number of carbonyl (C=O) groups excluding carboxylic acids is 1. The van der Waals surface area contributed by atoms with Crippen LogP contribution in [-0.2, 0) is 0 Å². The van der Waals surface area contributed by atoms with E-state index in [2.05, 4.69) is 11.1 Å². The summed E-state index contributed by atoms with van der Waals surface area (Å²) in [6.07, 6.45) is 3.24. The molecule has 1 unspecified atom stereocenters. The van der Waals surface area contributed by atoms with Gasteiger partial charge in [-0.2, -0.15) is 5.26 Å². The summed E-state index contributed by atoms with van der Waals surface area (Å²) < 4.78 is 0. The molecule has 0 saturated heterocycles. The van der Waals surface area contributed by atoms with Gasteiger partial charge in [0.1, 0.15) is 0 Å². The molecule has 1 aromatic carbocycles. The Balaban J connectivity index is 2.19. The third-order valence-electron chi connectivity index (χ3n) is 3.34. The first kappa shape index (κ1) is 11.4. The standard InChI is InChI=1S/C15H11N3O/c1-10-4-2-6-12-13(8-16)18(15(19)14(10)12)11-5-3-7-17-9-11/h2-7,9,13H,1H3. The van der Waals surface area contributed by atoms with Crippen LogP contribution in [0, 0.1) is 18.3 Å².